The van der Waals surface area contributed by atoms with Gasteiger partial charge in [-0.2, -0.15) is 0 Å². The standard InChI is InChI=1S/C16H13ClN2S/c1-9-13(14-15(20-9)16(17)19-8-18-14)12-6-5-10-3-2-4-11(10)7-12/h5-8H,2-4H2,1H3. The Hall–Kier alpha value is -1.45. The van der Waals surface area contributed by atoms with E-state index < -0.39 is 0 Å². The molecule has 4 rings (SSSR count). The van der Waals surface area contributed by atoms with E-state index in [2.05, 4.69) is 35.1 Å². The molecule has 2 aromatic heterocycles. The summed E-state index contributed by atoms with van der Waals surface area (Å²) in [6, 6.07) is 6.81. The second-order valence-corrected chi connectivity index (χ2v) is 6.80. The Kier molecular flexibility index (Phi) is 2.79. The van der Waals surface area contributed by atoms with Crippen molar-refractivity contribution in [3.8, 4) is 11.1 Å². The number of halogens is 1. The van der Waals surface area contributed by atoms with Crippen molar-refractivity contribution < 1.29 is 0 Å². The predicted octanol–water partition coefficient (Wildman–Crippen LogP) is 4.81. The minimum absolute atomic E-state index is 0.551. The zero-order chi connectivity index (χ0) is 13.7. The number of aromatic nitrogens is 2. The molecule has 0 N–H and O–H groups in total. The molecule has 3 aromatic rings. The van der Waals surface area contributed by atoms with Crippen molar-refractivity contribution in [2.45, 2.75) is 26.2 Å². The molecule has 0 atom stereocenters. The Balaban J connectivity index is 1.98. The number of thiophene rings is 1. The summed E-state index contributed by atoms with van der Waals surface area (Å²) in [5.74, 6) is 0. The molecule has 2 heterocycles. The molecule has 0 bridgehead atoms. The van der Waals surface area contributed by atoms with E-state index in [1.54, 1.807) is 17.7 Å². The van der Waals surface area contributed by atoms with Crippen LogP contribution in [0.2, 0.25) is 5.15 Å². The predicted molar refractivity (Wildman–Crippen MR) is 84.6 cm³/mol. The number of benzene rings is 1. The number of rotatable bonds is 1. The highest BCUT2D eigenvalue weighted by atomic mass is 35.5. The van der Waals surface area contributed by atoms with Gasteiger partial charge in [0.2, 0.25) is 0 Å². The molecule has 0 amide bonds. The van der Waals surface area contributed by atoms with Crippen LogP contribution in [0.5, 0.6) is 0 Å². The van der Waals surface area contributed by atoms with Crippen molar-refractivity contribution in [1.29, 1.82) is 0 Å². The molecule has 0 spiro atoms. The van der Waals surface area contributed by atoms with Crippen LogP contribution in [0.4, 0.5) is 0 Å². The minimum Gasteiger partial charge on any atom is -0.235 e. The molecule has 0 radical (unpaired) electrons. The first-order chi connectivity index (χ1) is 9.74. The molecule has 0 saturated carbocycles. The number of aryl methyl sites for hydroxylation is 3. The SMILES string of the molecule is Cc1sc2c(Cl)ncnc2c1-c1ccc2c(c1)CCC2. The molecule has 2 nitrogen and oxygen atoms in total. The van der Waals surface area contributed by atoms with Crippen molar-refractivity contribution >= 4 is 33.2 Å². The van der Waals surface area contributed by atoms with Gasteiger partial charge in [0.05, 0.1) is 10.2 Å². The fourth-order valence-electron chi connectivity index (χ4n) is 3.06. The molecule has 100 valence electrons. The lowest BCUT2D eigenvalue weighted by Crippen LogP contribution is -1.87. The van der Waals surface area contributed by atoms with Crippen molar-refractivity contribution in [1.82, 2.24) is 9.97 Å². The highest BCUT2D eigenvalue weighted by molar-refractivity contribution is 7.20. The molecule has 0 aliphatic heterocycles. The van der Waals surface area contributed by atoms with Crippen LogP contribution in [0.1, 0.15) is 22.4 Å². The molecule has 1 aromatic carbocycles. The molecule has 0 saturated heterocycles. The van der Waals surface area contributed by atoms with Gasteiger partial charge in [-0.25, -0.2) is 9.97 Å². The third-order valence-electron chi connectivity index (χ3n) is 3.99. The maximum absolute atomic E-state index is 6.18. The zero-order valence-electron chi connectivity index (χ0n) is 11.1. The van der Waals surface area contributed by atoms with E-state index in [9.17, 15) is 0 Å². The third kappa shape index (κ3) is 1.77. The lowest BCUT2D eigenvalue weighted by atomic mass is 10.0. The van der Waals surface area contributed by atoms with Gasteiger partial charge in [0.1, 0.15) is 11.5 Å². The molecule has 4 heteroatoms. The van der Waals surface area contributed by atoms with E-state index in [0.717, 1.165) is 10.2 Å². The van der Waals surface area contributed by atoms with E-state index in [4.69, 9.17) is 11.6 Å². The van der Waals surface area contributed by atoms with Crippen LogP contribution in [-0.4, -0.2) is 9.97 Å². The van der Waals surface area contributed by atoms with Crippen LogP contribution in [0.15, 0.2) is 24.5 Å². The molecule has 0 fully saturated rings. The maximum Gasteiger partial charge on any atom is 0.150 e. The summed E-state index contributed by atoms with van der Waals surface area (Å²) in [5.41, 5.74) is 6.43. The van der Waals surface area contributed by atoms with Gasteiger partial charge < -0.3 is 0 Å². The van der Waals surface area contributed by atoms with Crippen molar-refractivity contribution in [3.63, 3.8) is 0 Å². The lowest BCUT2D eigenvalue weighted by Gasteiger charge is -2.05. The van der Waals surface area contributed by atoms with Crippen molar-refractivity contribution in [2.75, 3.05) is 0 Å². The Morgan fingerprint density at radius 1 is 1.15 bits per heavy atom. The molecule has 20 heavy (non-hydrogen) atoms. The summed E-state index contributed by atoms with van der Waals surface area (Å²) in [7, 11) is 0. The van der Waals surface area contributed by atoms with Crippen LogP contribution in [0.25, 0.3) is 21.3 Å². The van der Waals surface area contributed by atoms with Crippen LogP contribution in [-0.2, 0) is 12.8 Å². The van der Waals surface area contributed by atoms with Crippen LogP contribution < -0.4 is 0 Å². The van der Waals surface area contributed by atoms with E-state index in [1.807, 2.05) is 0 Å². The Bertz CT molecular complexity index is 823. The van der Waals surface area contributed by atoms with Crippen molar-refractivity contribution in [3.05, 3.63) is 45.7 Å². The topological polar surface area (TPSA) is 25.8 Å². The first-order valence-electron chi connectivity index (χ1n) is 6.76. The summed E-state index contributed by atoms with van der Waals surface area (Å²) in [6.07, 6.45) is 5.23. The van der Waals surface area contributed by atoms with Gasteiger partial charge >= 0.3 is 0 Å². The smallest absolute Gasteiger partial charge is 0.150 e. The highest BCUT2D eigenvalue weighted by Crippen LogP contribution is 2.40. The Labute approximate surface area is 126 Å². The van der Waals surface area contributed by atoms with Gasteiger partial charge in [-0.3, -0.25) is 0 Å². The summed E-state index contributed by atoms with van der Waals surface area (Å²) in [6.45, 7) is 2.13. The first-order valence-corrected chi connectivity index (χ1v) is 7.95. The maximum atomic E-state index is 6.18. The number of hydrogen-bond donors (Lipinski definition) is 0. The van der Waals surface area contributed by atoms with Gasteiger partial charge in [0.25, 0.3) is 0 Å². The number of fused-ring (bicyclic) bond motifs is 2. The van der Waals surface area contributed by atoms with Gasteiger partial charge in [0, 0.05) is 10.4 Å². The summed E-state index contributed by atoms with van der Waals surface area (Å²) >= 11 is 7.86. The van der Waals surface area contributed by atoms with E-state index in [0.29, 0.717) is 5.15 Å². The third-order valence-corrected chi connectivity index (χ3v) is 5.49. The Morgan fingerprint density at radius 3 is 2.90 bits per heavy atom. The average molecular weight is 301 g/mol. The average Bonchev–Trinajstić information content (AvgIpc) is 3.02. The van der Waals surface area contributed by atoms with E-state index in [1.165, 1.54) is 46.4 Å². The van der Waals surface area contributed by atoms with Crippen LogP contribution in [0, 0.1) is 6.92 Å². The summed E-state index contributed by atoms with van der Waals surface area (Å²) < 4.78 is 0.988. The quantitative estimate of drug-likeness (QED) is 0.603. The summed E-state index contributed by atoms with van der Waals surface area (Å²) in [5, 5.41) is 0.551. The minimum atomic E-state index is 0.551. The number of nitrogens with zero attached hydrogens (tertiary/aromatic N) is 2. The lowest BCUT2D eigenvalue weighted by molar-refractivity contribution is 0.912. The molecule has 0 unspecified atom stereocenters. The van der Waals surface area contributed by atoms with Gasteiger partial charge in [-0.05, 0) is 42.9 Å². The van der Waals surface area contributed by atoms with E-state index in [-0.39, 0.29) is 0 Å². The van der Waals surface area contributed by atoms with Crippen LogP contribution >= 0.6 is 22.9 Å². The summed E-state index contributed by atoms with van der Waals surface area (Å²) in [4.78, 5) is 9.78. The normalized spacial score (nSPS) is 13.9. The monoisotopic (exact) mass is 300 g/mol. The molecule has 1 aliphatic rings. The highest BCUT2D eigenvalue weighted by Gasteiger charge is 2.17. The molecular weight excluding hydrogens is 288 g/mol. The zero-order valence-corrected chi connectivity index (χ0v) is 12.7. The fourth-order valence-corrected chi connectivity index (χ4v) is 4.32. The second-order valence-electron chi connectivity index (χ2n) is 5.21. The molecule has 1 aliphatic carbocycles. The fraction of sp³-hybridized carbons (Fsp3) is 0.250. The molecular formula is C16H13ClN2S. The Morgan fingerprint density at radius 2 is 2.00 bits per heavy atom. The largest absolute Gasteiger partial charge is 0.235 e. The number of hydrogen-bond acceptors (Lipinski definition) is 3. The van der Waals surface area contributed by atoms with Gasteiger partial charge in [-0.15, -0.1) is 11.3 Å². The van der Waals surface area contributed by atoms with Crippen molar-refractivity contribution in [2.24, 2.45) is 0 Å². The first kappa shape index (κ1) is 12.3. The van der Waals surface area contributed by atoms with E-state index >= 15 is 0 Å². The van der Waals surface area contributed by atoms with Gasteiger partial charge in [-0.1, -0.05) is 29.8 Å². The van der Waals surface area contributed by atoms with Crippen LogP contribution in [0.3, 0.4) is 0 Å². The second kappa shape index (κ2) is 4.54. The van der Waals surface area contributed by atoms with Gasteiger partial charge in [0.15, 0.2) is 0 Å².